The van der Waals surface area contributed by atoms with E-state index in [-0.39, 0.29) is 0 Å². The lowest BCUT2D eigenvalue weighted by atomic mass is 10.1. The minimum Gasteiger partial charge on any atom is -0.331 e. The van der Waals surface area contributed by atoms with Crippen LogP contribution in [0.2, 0.25) is 0 Å². The fourth-order valence-electron chi connectivity index (χ4n) is 2.72. The molecule has 0 radical (unpaired) electrons. The average Bonchev–Trinajstić information content (AvgIpc) is 2.86. The molecule has 0 aliphatic carbocycles. The number of hydrogen-bond acceptors (Lipinski definition) is 2. The third-order valence-electron chi connectivity index (χ3n) is 3.72. The molecule has 1 aliphatic heterocycles. The number of aromatic amines is 1. The zero-order valence-corrected chi connectivity index (χ0v) is 12.5. The van der Waals surface area contributed by atoms with Gasteiger partial charge in [-0.3, -0.25) is 0 Å². The summed E-state index contributed by atoms with van der Waals surface area (Å²) in [6.45, 7) is 5.51. The molecule has 4 heteroatoms. The zero-order valence-electron chi connectivity index (χ0n) is 10.8. The van der Waals surface area contributed by atoms with Gasteiger partial charge in [0.25, 0.3) is 0 Å². The summed E-state index contributed by atoms with van der Waals surface area (Å²) in [6.07, 6.45) is 2.62. The molecule has 1 aromatic heterocycles. The van der Waals surface area contributed by atoms with Gasteiger partial charge >= 0.3 is 0 Å². The van der Waals surface area contributed by atoms with Gasteiger partial charge in [-0.25, -0.2) is 0 Å². The van der Waals surface area contributed by atoms with Gasteiger partial charge in [0.2, 0.25) is 0 Å². The quantitative estimate of drug-likeness (QED) is 0.827. The molecule has 2 nitrogen and oxygen atoms in total. The second-order valence-electron chi connectivity index (χ2n) is 5.44. The predicted molar refractivity (Wildman–Crippen MR) is 82.0 cm³/mol. The van der Waals surface area contributed by atoms with Crippen LogP contribution in [-0.4, -0.2) is 20.1 Å². The molecule has 1 saturated heterocycles. The van der Waals surface area contributed by atoms with Gasteiger partial charge in [-0.15, -0.1) is 0 Å². The molecule has 1 N–H and O–H groups in total. The molecule has 0 amide bonds. The van der Waals surface area contributed by atoms with Crippen LogP contribution in [0.15, 0.2) is 18.2 Å². The number of thioether (sulfide) groups is 1. The second-order valence-corrected chi connectivity index (χ2v) is 7.51. The lowest BCUT2D eigenvalue weighted by Crippen LogP contribution is -2.23. The largest absolute Gasteiger partial charge is 0.331 e. The van der Waals surface area contributed by atoms with Gasteiger partial charge in [-0.2, -0.15) is 11.8 Å². The maximum Gasteiger partial charge on any atom is 0.178 e. The first-order chi connectivity index (χ1) is 8.57. The van der Waals surface area contributed by atoms with Crippen molar-refractivity contribution in [2.24, 2.45) is 0 Å². The number of fused-ring (bicyclic) bond motifs is 1. The number of benzene rings is 1. The highest BCUT2D eigenvalue weighted by molar-refractivity contribution is 8.00. The Morgan fingerprint density at radius 1 is 1.50 bits per heavy atom. The van der Waals surface area contributed by atoms with Crippen molar-refractivity contribution < 1.29 is 0 Å². The number of hydrogen-bond donors (Lipinski definition) is 1. The molecule has 1 fully saturated rings. The molecule has 1 aromatic carbocycles. The molecule has 0 spiro atoms. The molecule has 3 rings (SSSR count). The molecule has 96 valence electrons. The normalized spacial score (nSPS) is 23.9. The van der Waals surface area contributed by atoms with Crippen molar-refractivity contribution in [3.8, 4) is 0 Å². The van der Waals surface area contributed by atoms with E-state index < -0.39 is 0 Å². The summed E-state index contributed by atoms with van der Waals surface area (Å²) in [5, 5.41) is 0. The van der Waals surface area contributed by atoms with Gasteiger partial charge in [0.1, 0.15) is 0 Å². The molecule has 2 aromatic rings. The topological polar surface area (TPSA) is 20.7 Å². The van der Waals surface area contributed by atoms with Crippen molar-refractivity contribution in [3.05, 3.63) is 28.5 Å². The van der Waals surface area contributed by atoms with E-state index in [1.807, 2.05) is 0 Å². The molecule has 0 saturated carbocycles. The van der Waals surface area contributed by atoms with Gasteiger partial charge in [-0.1, -0.05) is 6.07 Å². The van der Waals surface area contributed by atoms with Crippen molar-refractivity contribution in [2.75, 3.05) is 5.75 Å². The van der Waals surface area contributed by atoms with Gasteiger partial charge in [0.05, 0.1) is 11.0 Å². The summed E-state index contributed by atoms with van der Waals surface area (Å²) >= 11 is 7.56. The van der Waals surface area contributed by atoms with Crippen LogP contribution in [0.1, 0.15) is 25.3 Å². The van der Waals surface area contributed by atoms with Crippen LogP contribution in [-0.2, 0) is 6.54 Å². The van der Waals surface area contributed by atoms with Crippen molar-refractivity contribution >= 4 is 35.0 Å². The fourth-order valence-corrected chi connectivity index (χ4v) is 4.28. The number of imidazole rings is 1. The van der Waals surface area contributed by atoms with Crippen LogP contribution in [0, 0.1) is 11.7 Å². The first-order valence-electron chi connectivity index (χ1n) is 6.41. The molecule has 0 bridgehead atoms. The maximum atomic E-state index is 5.48. The van der Waals surface area contributed by atoms with Crippen molar-refractivity contribution in [1.82, 2.24) is 9.55 Å². The first kappa shape index (κ1) is 12.3. The van der Waals surface area contributed by atoms with E-state index in [1.54, 1.807) is 0 Å². The Bertz CT molecular complexity index is 633. The fraction of sp³-hybridized carbons (Fsp3) is 0.500. The predicted octanol–water partition coefficient (Wildman–Crippen LogP) is 4.29. The Kier molecular flexibility index (Phi) is 3.02. The Hall–Kier alpha value is -0.740. The number of aromatic nitrogens is 2. The van der Waals surface area contributed by atoms with Gasteiger partial charge in [0, 0.05) is 11.3 Å². The molecule has 1 aliphatic rings. The minimum absolute atomic E-state index is 0.344. The van der Waals surface area contributed by atoms with Crippen LogP contribution in [0.25, 0.3) is 11.0 Å². The lowest BCUT2D eigenvalue weighted by molar-refractivity contribution is 0.515. The van der Waals surface area contributed by atoms with Crippen LogP contribution in [0.5, 0.6) is 0 Å². The molecule has 1 atom stereocenters. The molecule has 2 heterocycles. The highest BCUT2D eigenvalue weighted by Crippen LogP contribution is 2.39. The molecule has 18 heavy (non-hydrogen) atoms. The van der Waals surface area contributed by atoms with Crippen molar-refractivity contribution in [3.63, 3.8) is 0 Å². The van der Waals surface area contributed by atoms with Gasteiger partial charge in [-0.05, 0) is 62.4 Å². The van der Waals surface area contributed by atoms with Gasteiger partial charge in [0.15, 0.2) is 4.77 Å². The summed E-state index contributed by atoms with van der Waals surface area (Å²) in [5.41, 5.74) is 3.68. The smallest absolute Gasteiger partial charge is 0.178 e. The maximum absolute atomic E-state index is 5.48. The van der Waals surface area contributed by atoms with E-state index in [4.69, 9.17) is 12.2 Å². The SMILES string of the molecule is Cc1ccc2[nH]c(=S)n(CC3(C)CCCS3)c2c1. The monoisotopic (exact) mass is 278 g/mol. The second kappa shape index (κ2) is 4.42. The zero-order chi connectivity index (χ0) is 12.8. The summed E-state index contributed by atoms with van der Waals surface area (Å²) in [6, 6.07) is 6.48. The van der Waals surface area contributed by atoms with Crippen LogP contribution >= 0.6 is 24.0 Å². The Balaban J connectivity index is 2.08. The number of H-pyrrole nitrogens is 1. The third kappa shape index (κ3) is 2.12. The Morgan fingerprint density at radius 2 is 2.33 bits per heavy atom. The van der Waals surface area contributed by atoms with E-state index in [1.165, 1.54) is 29.7 Å². The number of aryl methyl sites for hydroxylation is 1. The Labute approximate surface area is 117 Å². The summed E-state index contributed by atoms with van der Waals surface area (Å²) in [7, 11) is 0. The lowest BCUT2D eigenvalue weighted by Gasteiger charge is -2.23. The van der Waals surface area contributed by atoms with E-state index in [0.717, 1.165) is 16.8 Å². The Morgan fingerprint density at radius 3 is 3.06 bits per heavy atom. The minimum atomic E-state index is 0.344. The summed E-state index contributed by atoms with van der Waals surface area (Å²) in [5.74, 6) is 1.28. The van der Waals surface area contributed by atoms with Crippen molar-refractivity contribution in [1.29, 1.82) is 0 Å². The molecule has 1 unspecified atom stereocenters. The molecular formula is C14H18N2S2. The van der Waals surface area contributed by atoms with E-state index in [9.17, 15) is 0 Å². The number of nitrogens with zero attached hydrogens (tertiary/aromatic N) is 1. The van der Waals surface area contributed by atoms with Crippen LogP contribution < -0.4 is 0 Å². The molecular weight excluding hydrogens is 260 g/mol. The van der Waals surface area contributed by atoms with Gasteiger partial charge < -0.3 is 9.55 Å². The number of nitrogens with one attached hydrogen (secondary N) is 1. The van der Waals surface area contributed by atoms with E-state index in [2.05, 4.69) is 53.4 Å². The standard InChI is InChI=1S/C14H18N2S2/c1-10-4-5-11-12(8-10)16(13(17)15-11)9-14(2)6-3-7-18-14/h4-5,8H,3,6-7,9H2,1-2H3,(H,15,17). The van der Waals surface area contributed by atoms with Crippen LogP contribution in [0.4, 0.5) is 0 Å². The third-order valence-corrected chi connectivity index (χ3v) is 5.57. The average molecular weight is 278 g/mol. The van der Waals surface area contributed by atoms with Crippen LogP contribution in [0.3, 0.4) is 0 Å². The number of rotatable bonds is 2. The highest BCUT2D eigenvalue weighted by Gasteiger charge is 2.30. The summed E-state index contributed by atoms with van der Waals surface area (Å²) in [4.78, 5) is 3.31. The first-order valence-corrected chi connectivity index (χ1v) is 7.80. The highest BCUT2D eigenvalue weighted by atomic mass is 32.2. The van der Waals surface area contributed by atoms with E-state index in [0.29, 0.717) is 4.75 Å². The summed E-state index contributed by atoms with van der Waals surface area (Å²) < 4.78 is 3.47. The van der Waals surface area contributed by atoms with E-state index >= 15 is 0 Å². The van der Waals surface area contributed by atoms with Crippen molar-refractivity contribution in [2.45, 2.75) is 38.0 Å².